The molecule has 0 amide bonds. The van der Waals surface area contributed by atoms with Gasteiger partial charge in [0, 0.05) is 5.41 Å². The zero-order valence-electron chi connectivity index (χ0n) is 15.3. The smallest absolute Gasteiger partial charge is 0.122 e. The number of hydrogen-bond donors (Lipinski definition) is 0. The van der Waals surface area contributed by atoms with Crippen LogP contribution in [0.2, 0.25) is 0 Å². The molecule has 3 heteroatoms. The van der Waals surface area contributed by atoms with Gasteiger partial charge < -0.3 is 9.30 Å². The molecule has 2 aromatic carbocycles. The summed E-state index contributed by atoms with van der Waals surface area (Å²) in [5.74, 6) is 2.07. The Morgan fingerprint density at radius 3 is 2.50 bits per heavy atom. The van der Waals surface area contributed by atoms with Crippen LogP contribution in [-0.2, 0) is 12.0 Å². The highest BCUT2D eigenvalue weighted by atomic mass is 16.5. The lowest BCUT2D eigenvalue weighted by Gasteiger charge is -2.20. The number of fused-ring (bicyclic) bond motifs is 1. The molecule has 24 heavy (non-hydrogen) atoms. The summed E-state index contributed by atoms with van der Waals surface area (Å²) >= 11 is 0. The van der Waals surface area contributed by atoms with Crippen LogP contribution in [0.25, 0.3) is 11.0 Å². The number of aromatic nitrogens is 2. The minimum Gasteiger partial charge on any atom is -0.491 e. The maximum absolute atomic E-state index is 6.03. The lowest BCUT2D eigenvalue weighted by atomic mass is 9.95. The molecule has 0 radical (unpaired) electrons. The molecule has 126 valence electrons. The van der Waals surface area contributed by atoms with Crippen molar-refractivity contribution in [3.63, 3.8) is 0 Å². The molecule has 1 aromatic heterocycles. The van der Waals surface area contributed by atoms with E-state index in [1.165, 1.54) is 16.6 Å². The van der Waals surface area contributed by atoms with Crippen LogP contribution in [0.3, 0.4) is 0 Å². The van der Waals surface area contributed by atoms with Gasteiger partial charge in [-0.25, -0.2) is 4.98 Å². The fourth-order valence-electron chi connectivity index (χ4n) is 3.08. The van der Waals surface area contributed by atoms with Crippen molar-refractivity contribution >= 4 is 11.0 Å². The van der Waals surface area contributed by atoms with Gasteiger partial charge in [-0.2, -0.15) is 0 Å². The van der Waals surface area contributed by atoms with Crippen molar-refractivity contribution in [1.82, 2.24) is 9.55 Å². The van der Waals surface area contributed by atoms with Crippen LogP contribution in [-0.4, -0.2) is 16.2 Å². The molecule has 0 saturated heterocycles. The number of aryl methyl sites for hydroxylation is 2. The van der Waals surface area contributed by atoms with Crippen LogP contribution < -0.4 is 4.74 Å². The second-order valence-corrected chi connectivity index (χ2v) is 7.44. The highest BCUT2D eigenvalue weighted by Gasteiger charge is 2.22. The van der Waals surface area contributed by atoms with E-state index in [0.29, 0.717) is 6.61 Å². The quantitative estimate of drug-likeness (QED) is 0.673. The first-order chi connectivity index (χ1) is 11.4. The molecule has 0 unspecified atom stereocenters. The first-order valence-electron chi connectivity index (χ1n) is 8.52. The van der Waals surface area contributed by atoms with Crippen LogP contribution in [0.5, 0.6) is 5.75 Å². The van der Waals surface area contributed by atoms with Gasteiger partial charge >= 0.3 is 0 Å². The van der Waals surface area contributed by atoms with E-state index in [2.05, 4.69) is 75.6 Å². The normalized spacial score (nSPS) is 11.9. The Labute approximate surface area is 144 Å². The van der Waals surface area contributed by atoms with Gasteiger partial charge in [-0.05, 0) is 37.6 Å². The zero-order valence-corrected chi connectivity index (χ0v) is 15.3. The number of imidazole rings is 1. The van der Waals surface area contributed by atoms with E-state index in [9.17, 15) is 0 Å². The van der Waals surface area contributed by atoms with Gasteiger partial charge in [0.05, 0.1) is 17.6 Å². The van der Waals surface area contributed by atoms with Crippen molar-refractivity contribution < 1.29 is 4.74 Å². The molecule has 0 bridgehead atoms. The Kier molecular flexibility index (Phi) is 4.35. The predicted octanol–water partition coefficient (Wildman–Crippen LogP) is 5.03. The summed E-state index contributed by atoms with van der Waals surface area (Å²) in [5, 5.41) is 0. The topological polar surface area (TPSA) is 27.1 Å². The first kappa shape index (κ1) is 16.6. The summed E-state index contributed by atoms with van der Waals surface area (Å²) in [7, 11) is 0. The van der Waals surface area contributed by atoms with Gasteiger partial charge in [0.2, 0.25) is 0 Å². The summed E-state index contributed by atoms with van der Waals surface area (Å²) in [6, 6.07) is 14.6. The van der Waals surface area contributed by atoms with Crippen molar-refractivity contribution in [2.45, 2.75) is 46.6 Å². The lowest BCUT2D eigenvalue weighted by molar-refractivity contribution is 0.293. The average Bonchev–Trinajstić information content (AvgIpc) is 2.89. The second kappa shape index (κ2) is 6.31. The number of nitrogens with zero attached hydrogens (tertiary/aromatic N) is 2. The van der Waals surface area contributed by atoms with Gasteiger partial charge in [0.25, 0.3) is 0 Å². The Morgan fingerprint density at radius 2 is 1.79 bits per heavy atom. The number of para-hydroxylation sites is 2. The van der Waals surface area contributed by atoms with E-state index in [4.69, 9.17) is 9.72 Å². The molecule has 0 saturated carbocycles. The third-order valence-corrected chi connectivity index (χ3v) is 4.23. The summed E-state index contributed by atoms with van der Waals surface area (Å²) in [6.07, 6.45) is 0. The number of ether oxygens (including phenoxy) is 1. The fourth-order valence-corrected chi connectivity index (χ4v) is 3.08. The minimum absolute atomic E-state index is 0.00119. The maximum Gasteiger partial charge on any atom is 0.122 e. The molecule has 0 atom stereocenters. The standard InChI is InChI=1S/C21H26N2O/c1-15-10-11-19(16(2)14-15)24-13-12-23-18-9-7-6-8-17(18)22-20(23)21(3,4)5/h6-11,14H,12-13H2,1-5H3. The van der Waals surface area contributed by atoms with Crippen molar-refractivity contribution in [3.05, 3.63) is 59.4 Å². The van der Waals surface area contributed by atoms with Crippen molar-refractivity contribution in [3.8, 4) is 5.75 Å². The monoisotopic (exact) mass is 322 g/mol. The molecule has 1 heterocycles. The Bertz CT molecular complexity index is 856. The predicted molar refractivity (Wildman–Crippen MR) is 99.8 cm³/mol. The minimum atomic E-state index is -0.00119. The van der Waals surface area contributed by atoms with E-state index in [1.54, 1.807) is 0 Å². The zero-order chi connectivity index (χ0) is 17.3. The number of rotatable bonds is 4. The summed E-state index contributed by atoms with van der Waals surface area (Å²) in [4.78, 5) is 4.85. The fraction of sp³-hybridized carbons (Fsp3) is 0.381. The molecule has 3 nitrogen and oxygen atoms in total. The molecule has 0 aliphatic carbocycles. The highest BCUT2D eigenvalue weighted by molar-refractivity contribution is 5.76. The largest absolute Gasteiger partial charge is 0.491 e. The molecule has 0 fully saturated rings. The SMILES string of the molecule is Cc1ccc(OCCn2c(C(C)(C)C)nc3ccccc32)c(C)c1. The summed E-state index contributed by atoms with van der Waals surface area (Å²) in [5.41, 5.74) is 4.66. The molecule has 0 aliphatic rings. The molecule has 3 aromatic rings. The van der Waals surface area contributed by atoms with E-state index in [0.717, 1.165) is 23.6 Å². The van der Waals surface area contributed by atoms with Gasteiger partial charge in [-0.1, -0.05) is 50.6 Å². The van der Waals surface area contributed by atoms with Crippen LogP contribution >= 0.6 is 0 Å². The van der Waals surface area contributed by atoms with Gasteiger partial charge in [-0.3, -0.25) is 0 Å². The van der Waals surface area contributed by atoms with Crippen LogP contribution in [0, 0.1) is 13.8 Å². The molecular formula is C21H26N2O. The average molecular weight is 322 g/mol. The van der Waals surface area contributed by atoms with Crippen molar-refractivity contribution in [2.75, 3.05) is 6.61 Å². The number of benzene rings is 2. The van der Waals surface area contributed by atoms with Gasteiger partial charge in [0.15, 0.2) is 0 Å². The van der Waals surface area contributed by atoms with E-state index in [1.807, 2.05) is 6.07 Å². The van der Waals surface area contributed by atoms with Crippen LogP contribution in [0.15, 0.2) is 42.5 Å². The second-order valence-electron chi connectivity index (χ2n) is 7.44. The van der Waals surface area contributed by atoms with Crippen LogP contribution in [0.4, 0.5) is 0 Å². The highest BCUT2D eigenvalue weighted by Crippen LogP contribution is 2.26. The van der Waals surface area contributed by atoms with E-state index >= 15 is 0 Å². The maximum atomic E-state index is 6.03. The summed E-state index contributed by atoms with van der Waals surface area (Å²) < 4.78 is 8.32. The number of hydrogen-bond acceptors (Lipinski definition) is 2. The molecule has 0 spiro atoms. The molecule has 3 rings (SSSR count). The third-order valence-electron chi connectivity index (χ3n) is 4.23. The Hall–Kier alpha value is -2.29. The van der Waals surface area contributed by atoms with Crippen molar-refractivity contribution in [1.29, 1.82) is 0 Å². The Balaban J connectivity index is 1.84. The molecule has 0 aliphatic heterocycles. The third kappa shape index (κ3) is 3.30. The summed E-state index contributed by atoms with van der Waals surface area (Å²) in [6.45, 7) is 12.2. The van der Waals surface area contributed by atoms with Gasteiger partial charge in [0.1, 0.15) is 18.2 Å². The van der Waals surface area contributed by atoms with E-state index < -0.39 is 0 Å². The Morgan fingerprint density at radius 1 is 1.04 bits per heavy atom. The van der Waals surface area contributed by atoms with Crippen molar-refractivity contribution in [2.24, 2.45) is 0 Å². The lowest BCUT2D eigenvalue weighted by Crippen LogP contribution is -2.21. The van der Waals surface area contributed by atoms with Gasteiger partial charge in [-0.15, -0.1) is 0 Å². The van der Waals surface area contributed by atoms with E-state index in [-0.39, 0.29) is 5.41 Å². The van der Waals surface area contributed by atoms with Crippen LogP contribution in [0.1, 0.15) is 37.7 Å². The molecule has 0 N–H and O–H groups in total. The molecular weight excluding hydrogens is 296 g/mol. The first-order valence-corrected chi connectivity index (χ1v) is 8.52.